The number of nitrogens with one attached hydrogen (secondary N) is 2. The molecule has 300 valence electrons. The van der Waals surface area contributed by atoms with Crippen molar-refractivity contribution in [2.24, 2.45) is 4.99 Å². The van der Waals surface area contributed by atoms with Crippen molar-refractivity contribution < 1.29 is 0 Å². The van der Waals surface area contributed by atoms with E-state index in [9.17, 15) is 0 Å². The Balaban J connectivity index is 1.01. The lowest BCUT2D eigenvalue weighted by Gasteiger charge is -2.32. The van der Waals surface area contributed by atoms with E-state index >= 15 is 0 Å². The van der Waals surface area contributed by atoms with Gasteiger partial charge >= 0.3 is 0 Å². The van der Waals surface area contributed by atoms with Gasteiger partial charge in [0.05, 0.1) is 11.2 Å². The predicted octanol–water partition coefficient (Wildman–Crippen LogP) is 14.2. The van der Waals surface area contributed by atoms with E-state index in [1.165, 1.54) is 49.4 Å². The zero-order chi connectivity index (χ0) is 42.1. The van der Waals surface area contributed by atoms with Gasteiger partial charge in [0.2, 0.25) is 0 Å². The first-order chi connectivity index (χ1) is 31.0. The molecule has 1 aliphatic carbocycles. The van der Waals surface area contributed by atoms with Gasteiger partial charge < -0.3 is 5.32 Å². The van der Waals surface area contributed by atoms with Crippen molar-refractivity contribution >= 4 is 38.3 Å². The molecule has 10 aromatic rings. The molecular weight excluding hydrogens is 765 g/mol. The molecule has 0 bridgehead atoms. The maximum absolute atomic E-state index is 5.23. The SMILES string of the molecule is CC1(C)c2ccc(-c3cc(-c4ccc(-c5nc6ccccc6c6ccccc56)cc4)cc(C4NC(c5ccccc5)=NC(c5ccccc5)N4)c3)cc2-c2c1ccc1ccccc21. The summed E-state index contributed by atoms with van der Waals surface area (Å²) in [6, 6.07) is 74.6. The van der Waals surface area contributed by atoms with Gasteiger partial charge in [-0.2, -0.15) is 0 Å². The van der Waals surface area contributed by atoms with Gasteiger partial charge in [-0.15, -0.1) is 0 Å². The van der Waals surface area contributed by atoms with Gasteiger partial charge in [0.25, 0.3) is 0 Å². The minimum atomic E-state index is -0.240. The van der Waals surface area contributed by atoms with Crippen molar-refractivity contribution in [3.8, 4) is 44.6 Å². The van der Waals surface area contributed by atoms with Crippen LogP contribution in [-0.4, -0.2) is 10.8 Å². The van der Waals surface area contributed by atoms with Crippen molar-refractivity contribution in [2.75, 3.05) is 0 Å². The fourth-order valence-electron chi connectivity index (χ4n) is 10.1. The molecule has 12 rings (SSSR count). The normalized spacial score (nSPS) is 16.4. The van der Waals surface area contributed by atoms with Gasteiger partial charge in [-0.05, 0) is 102 Å². The minimum Gasteiger partial charge on any atom is -0.350 e. The summed E-state index contributed by atoms with van der Waals surface area (Å²) in [4.78, 5) is 10.4. The smallest absolute Gasteiger partial charge is 0.131 e. The molecule has 0 fully saturated rings. The molecule has 2 N–H and O–H groups in total. The molecule has 2 atom stereocenters. The number of aliphatic imine (C=N–C) groups is 1. The van der Waals surface area contributed by atoms with Gasteiger partial charge in [-0.1, -0.05) is 190 Å². The maximum atomic E-state index is 5.23. The number of pyridine rings is 1. The summed E-state index contributed by atoms with van der Waals surface area (Å²) < 4.78 is 0. The molecular formula is C59H44N4. The summed E-state index contributed by atoms with van der Waals surface area (Å²) in [5.41, 5.74) is 16.3. The number of amidine groups is 1. The Labute approximate surface area is 367 Å². The first-order valence-corrected chi connectivity index (χ1v) is 21.9. The van der Waals surface area contributed by atoms with Crippen LogP contribution in [0.1, 0.15) is 54.0 Å². The summed E-state index contributed by atoms with van der Waals surface area (Å²) in [5.74, 6) is 0.864. The Morgan fingerprint density at radius 3 is 1.86 bits per heavy atom. The third kappa shape index (κ3) is 6.33. The molecule has 9 aromatic carbocycles. The number of para-hydroxylation sites is 1. The number of rotatable bonds is 6. The zero-order valence-corrected chi connectivity index (χ0v) is 35.2. The molecule has 2 aliphatic rings. The van der Waals surface area contributed by atoms with Crippen molar-refractivity contribution in [1.29, 1.82) is 0 Å². The van der Waals surface area contributed by atoms with E-state index in [-0.39, 0.29) is 17.7 Å². The Hall–Kier alpha value is -7.66. The third-order valence-electron chi connectivity index (χ3n) is 13.3. The molecule has 2 unspecified atom stereocenters. The minimum absolute atomic E-state index is 0.108. The highest BCUT2D eigenvalue weighted by Gasteiger charge is 2.36. The van der Waals surface area contributed by atoms with Crippen LogP contribution in [0.15, 0.2) is 211 Å². The lowest BCUT2D eigenvalue weighted by atomic mass is 9.81. The Morgan fingerprint density at radius 2 is 1.06 bits per heavy atom. The van der Waals surface area contributed by atoms with Crippen LogP contribution in [0.4, 0.5) is 0 Å². The second-order valence-electron chi connectivity index (χ2n) is 17.4. The maximum Gasteiger partial charge on any atom is 0.131 e. The average molecular weight is 809 g/mol. The van der Waals surface area contributed by atoms with E-state index in [1.807, 2.05) is 0 Å². The Kier molecular flexibility index (Phi) is 8.70. The molecule has 0 saturated carbocycles. The molecule has 0 radical (unpaired) electrons. The van der Waals surface area contributed by atoms with Gasteiger partial charge in [-0.3, -0.25) is 5.32 Å². The Morgan fingerprint density at radius 1 is 0.444 bits per heavy atom. The first-order valence-electron chi connectivity index (χ1n) is 21.9. The molecule has 4 heteroatoms. The Bertz CT molecular complexity index is 3420. The summed E-state index contributed by atoms with van der Waals surface area (Å²) in [5, 5.41) is 13.8. The van der Waals surface area contributed by atoms with Crippen LogP contribution in [0.25, 0.3) is 77.1 Å². The van der Waals surface area contributed by atoms with Crippen molar-refractivity contribution in [3.63, 3.8) is 0 Å². The fraction of sp³-hybridized carbons (Fsp3) is 0.0847. The fourth-order valence-corrected chi connectivity index (χ4v) is 10.1. The highest BCUT2D eigenvalue weighted by molar-refractivity contribution is 6.11. The number of nitrogens with zero attached hydrogens (tertiary/aromatic N) is 2. The van der Waals surface area contributed by atoms with Crippen molar-refractivity contribution in [3.05, 3.63) is 234 Å². The molecule has 4 nitrogen and oxygen atoms in total. The molecule has 1 aromatic heterocycles. The molecule has 0 saturated heterocycles. The number of hydrogen-bond acceptors (Lipinski definition) is 4. The quantitative estimate of drug-likeness (QED) is 0.165. The van der Waals surface area contributed by atoms with Crippen LogP contribution in [0.5, 0.6) is 0 Å². The molecule has 0 amide bonds. The van der Waals surface area contributed by atoms with Gasteiger partial charge in [-0.25, -0.2) is 9.98 Å². The van der Waals surface area contributed by atoms with E-state index in [0.717, 1.165) is 61.4 Å². The van der Waals surface area contributed by atoms with E-state index in [0.29, 0.717) is 0 Å². The highest BCUT2D eigenvalue weighted by atomic mass is 15.3. The topological polar surface area (TPSA) is 49.3 Å². The molecule has 2 heterocycles. The van der Waals surface area contributed by atoms with E-state index in [2.05, 4.69) is 231 Å². The molecule has 63 heavy (non-hydrogen) atoms. The van der Waals surface area contributed by atoms with Gasteiger partial charge in [0.15, 0.2) is 0 Å². The van der Waals surface area contributed by atoms with E-state index in [1.54, 1.807) is 0 Å². The molecule has 1 aliphatic heterocycles. The monoisotopic (exact) mass is 808 g/mol. The molecule has 0 spiro atoms. The highest BCUT2D eigenvalue weighted by Crippen LogP contribution is 2.52. The second kappa shape index (κ2) is 14.8. The van der Waals surface area contributed by atoms with Crippen LogP contribution >= 0.6 is 0 Å². The summed E-state index contributed by atoms with van der Waals surface area (Å²) in [6.07, 6.45) is -0.470. The first kappa shape index (κ1) is 37.1. The van der Waals surface area contributed by atoms with Crippen LogP contribution in [0, 0.1) is 0 Å². The lowest BCUT2D eigenvalue weighted by Crippen LogP contribution is -2.45. The third-order valence-corrected chi connectivity index (χ3v) is 13.3. The number of fused-ring (bicyclic) bond motifs is 8. The second-order valence-corrected chi connectivity index (χ2v) is 17.4. The number of benzene rings is 9. The van der Waals surface area contributed by atoms with Crippen molar-refractivity contribution in [1.82, 2.24) is 15.6 Å². The number of hydrogen-bond donors (Lipinski definition) is 2. The van der Waals surface area contributed by atoms with Crippen LogP contribution < -0.4 is 10.6 Å². The van der Waals surface area contributed by atoms with Crippen LogP contribution in [-0.2, 0) is 5.41 Å². The summed E-state index contributed by atoms with van der Waals surface area (Å²) >= 11 is 0. The van der Waals surface area contributed by atoms with Gasteiger partial charge in [0.1, 0.15) is 18.2 Å². The number of aromatic nitrogens is 1. The predicted molar refractivity (Wildman–Crippen MR) is 262 cm³/mol. The van der Waals surface area contributed by atoms with Crippen LogP contribution in [0.2, 0.25) is 0 Å². The standard InChI is InChI=1S/C59H44N4/c1-59(2)51-31-30-42(36-50(51)54-46-20-10-9-15-38(46)29-32-52(54)59)44-33-43(37-25-27-39(28-26-37)55-49-23-12-11-21-47(49)48-22-13-14-24-53(48)60-55)34-45(35-44)58-62-56(40-16-5-3-6-17-40)61-57(63-58)41-18-7-4-8-19-41/h3-36,56,58,62H,1-2H3,(H,61,63). The lowest BCUT2D eigenvalue weighted by molar-refractivity contribution is 0.409. The average Bonchev–Trinajstić information content (AvgIpc) is 3.59. The van der Waals surface area contributed by atoms with Crippen LogP contribution in [0.3, 0.4) is 0 Å². The summed E-state index contributed by atoms with van der Waals surface area (Å²) in [7, 11) is 0. The largest absolute Gasteiger partial charge is 0.350 e. The van der Waals surface area contributed by atoms with Gasteiger partial charge in [0, 0.05) is 27.3 Å². The zero-order valence-electron chi connectivity index (χ0n) is 35.2. The summed E-state index contributed by atoms with van der Waals surface area (Å²) in [6.45, 7) is 4.72. The van der Waals surface area contributed by atoms with Crippen molar-refractivity contribution in [2.45, 2.75) is 31.6 Å². The van der Waals surface area contributed by atoms with E-state index < -0.39 is 0 Å². The van der Waals surface area contributed by atoms with E-state index in [4.69, 9.17) is 9.98 Å².